The molecule has 0 aliphatic heterocycles. The molecule has 0 radical (unpaired) electrons. The molecule has 3 aromatic rings. The molecule has 0 fully saturated rings. The molecule has 0 aliphatic rings. The lowest BCUT2D eigenvalue weighted by Gasteiger charge is -2.18. The van der Waals surface area contributed by atoms with Crippen LogP contribution in [0.2, 0.25) is 0 Å². The third-order valence-corrected chi connectivity index (χ3v) is 4.20. The Hall–Kier alpha value is -3.14. The molecule has 132 valence electrons. The Morgan fingerprint density at radius 2 is 1.73 bits per heavy atom. The minimum Gasteiger partial charge on any atom is -0.481 e. The van der Waals surface area contributed by atoms with E-state index in [4.69, 9.17) is 4.74 Å². The van der Waals surface area contributed by atoms with Gasteiger partial charge in [-0.25, -0.2) is 0 Å². The Balaban J connectivity index is 1.74. The number of carbonyl (C=O) groups excluding carboxylic acids is 2. The fourth-order valence-electron chi connectivity index (χ4n) is 2.77. The number of rotatable bonds is 6. The van der Waals surface area contributed by atoms with Gasteiger partial charge in [0.15, 0.2) is 11.9 Å². The van der Waals surface area contributed by atoms with Crippen molar-refractivity contribution in [2.75, 3.05) is 5.32 Å². The van der Waals surface area contributed by atoms with Crippen molar-refractivity contribution >= 4 is 28.2 Å². The summed E-state index contributed by atoms with van der Waals surface area (Å²) in [7, 11) is 0. The molecule has 0 bridgehead atoms. The molecular formula is C22H21NO3. The first-order valence-electron chi connectivity index (χ1n) is 8.64. The highest BCUT2D eigenvalue weighted by atomic mass is 16.5. The van der Waals surface area contributed by atoms with Crippen LogP contribution in [0.1, 0.15) is 30.6 Å². The van der Waals surface area contributed by atoms with Crippen LogP contribution in [0, 0.1) is 0 Å². The molecule has 0 saturated carbocycles. The van der Waals surface area contributed by atoms with Crippen LogP contribution >= 0.6 is 0 Å². The van der Waals surface area contributed by atoms with Crippen molar-refractivity contribution in [3.8, 4) is 5.75 Å². The summed E-state index contributed by atoms with van der Waals surface area (Å²) in [4.78, 5) is 24.1. The van der Waals surface area contributed by atoms with Crippen molar-refractivity contribution in [1.82, 2.24) is 0 Å². The highest BCUT2D eigenvalue weighted by Gasteiger charge is 2.19. The summed E-state index contributed by atoms with van der Waals surface area (Å²) in [5.41, 5.74) is 1.15. The van der Waals surface area contributed by atoms with Crippen molar-refractivity contribution in [2.24, 2.45) is 0 Å². The summed E-state index contributed by atoms with van der Waals surface area (Å²) in [5.74, 6) is 0.380. The van der Waals surface area contributed by atoms with Gasteiger partial charge in [0.25, 0.3) is 5.91 Å². The van der Waals surface area contributed by atoms with E-state index in [0.29, 0.717) is 23.4 Å². The normalized spacial score (nSPS) is 11.8. The summed E-state index contributed by atoms with van der Waals surface area (Å²) in [6, 6.07) is 20.7. The molecule has 3 rings (SSSR count). The number of hydrogen-bond acceptors (Lipinski definition) is 3. The molecule has 3 aromatic carbocycles. The maximum Gasteiger partial charge on any atom is 0.265 e. The zero-order chi connectivity index (χ0) is 18.5. The number of Topliss-reactive ketones (excluding diaryl/α,β-unsaturated/α-hetero) is 1. The minimum atomic E-state index is -0.614. The third kappa shape index (κ3) is 4.09. The fourth-order valence-corrected chi connectivity index (χ4v) is 2.77. The number of hydrogen-bond donors (Lipinski definition) is 1. The maximum atomic E-state index is 12.6. The topological polar surface area (TPSA) is 55.4 Å². The second kappa shape index (κ2) is 7.83. The first-order valence-corrected chi connectivity index (χ1v) is 8.64. The molecule has 26 heavy (non-hydrogen) atoms. The molecule has 1 atom stereocenters. The van der Waals surface area contributed by atoms with Crippen molar-refractivity contribution in [1.29, 1.82) is 0 Å². The van der Waals surface area contributed by atoms with Crippen LogP contribution in [0.25, 0.3) is 10.8 Å². The van der Waals surface area contributed by atoms with Gasteiger partial charge in [0.2, 0.25) is 0 Å². The van der Waals surface area contributed by atoms with Gasteiger partial charge < -0.3 is 10.1 Å². The number of ether oxygens (including phenoxy) is 1. The number of nitrogens with one attached hydrogen (secondary N) is 1. The van der Waals surface area contributed by atoms with E-state index in [9.17, 15) is 9.59 Å². The van der Waals surface area contributed by atoms with Gasteiger partial charge in [0.05, 0.1) is 0 Å². The second-order valence-electron chi connectivity index (χ2n) is 6.15. The van der Waals surface area contributed by atoms with Gasteiger partial charge in [-0.1, -0.05) is 49.4 Å². The van der Waals surface area contributed by atoms with Crippen molar-refractivity contribution in [3.05, 3.63) is 72.3 Å². The molecule has 0 saturated heterocycles. The molecule has 4 heteroatoms. The first-order chi connectivity index (χ1) is 12.6. The summed E-state index contributed by atoms with van der Waals surface area (Å²) in [6.45, 7) is 3.40. The smallest absolute Gasteiger partial charge is 0.265 e. The average Bonchev–Trinajstić information content (AvgIpc) is 2.66. The lowest BCUT2D eigenvalue weighted by Crippen LogP contribution is -2.32. The largest absolute Gasteiger partial charge is 0.481 e. The molecule has 1 N–H and O–H groups in total. The number of fused-ring (bicyclic) bond motifs is 1. The van der Waals surface area contributed by atoms with Crippen molar-refractivity contribution < 1.29 is 14.3 Å². The Kier molecular flexibility index (Phi) is 5.32. The fraction of sp³-hybridized carbons (Fsp3) is 0.182. The number of ketones is 1. The average molecular weight is 347 g/mol. The van der Waals surface area contributed by atoms with Crippen LogP contribution in [0.4, 0.5) is 5.69 Å². The molecule has 1 amide bonds. The number of benzene rings is 3. The van der Waals surface area contributed by atoms with Gasteiger partial charge in [-0.2, -0.15) is 0 Å². The SMILES string of the molecule is CC[C@H](Oc1ccc2ccccc2c1)C(=O)Nc1cccc(C(C)=O)c1. The van der Waals surface area contributed by atoms with E-state index < -0.39 is 6.10 Å². The highest BCUT2D eigenvalue weighted by molar-refractivity contribution is 5.98. The molecule has 0 aliphatic carbocycles. The molecule has 0 spiro atoms. The third-order valence-electron chi connectivity index (χ3n) is 4.20. The van der Waals surface area contributed by atoms with Crippen LogP contribution in [0.3, 0.4) is 0 Å². The van der Waals surface area contributed by atoms with Crippen LogP contribution in [0.5, 0.6) is 5.75 Å². The first kappa shape index (κ1) is 17.7. The van der Waals surface area contributed by atoms with E-state index in [0.717, 1.165) is 10.8 Å². The van der Waals surface area contributed by atoms with E-state index in [2.05, 4.69) is 5.32 Å². The van der Waals surface area contributed by atoms with Gasteiger partial charge in [0.1, 0.15) is 5.75 Å². The van der Waals surface area contributed by atoms with E-state index in [1.54, 1.807) is 24.3 Å². The van der Waals surface area contributed by atoms with Gasteiger partial charge in [-0.05, 0) is 48.4 Å². The predicted molar refractivity (Wildman–Crippen MR) is 104 cm³/mol. The standard InChI is InChI=1S/C22H21NO3/c1-3-21(22(25)23-19-10-6-9-17(13-19)15(2)24)26-20-12-11-16-7-4-5-8-18(16)14-20/h4-14,21H,3H2,1-2H3,(H,23,25)/t21-/m0/s1. The van der Waals surface area contributed by atoms with Gasteiger partial charge in [-0.3, -0.25) is 9.59 Å². The molecular weight excluding hydrogens is 326 g/mol. The molecule has 0 unspecified atom stereocenters. The quantitative estimate of drug-likeness (QED) is 0.649. The van der Waals surface area contributed by atoms with E-state index in [1.165, 1.54) is 6.92 Å². The highest BCUT2D eigenvalue weighted by Crippen LogP contribution is 2.22. The molecule has 4 nitrogen and oxygen atoms in total. The van der Waals surface area contributed by atoms with Crippen LogP contribution in [-0.2, 0) is 4.79 Å². The van der Waals surface area contributed by atoms with Crippen molar-refractivity contribution in [3.63, 3.8) is 0 Å². The lowest BCUT2D eigenvalue weighted by molar-refractivity contribution is -0.122. The molecule has 0 aromatic heterocycles. The summed E-state index contributed by atoms with van der Waals surface area (Å²) < 4.78 is 5.90. The van der Waals surface area contributed by atoms with Crippen LogP contribution in [0.15, 0.2) is 66.7 Å². The Labute approximate surface area is 152 Å². The Bertz CT molecular complexity index is 949. The predicted octanol–water partition coefficient (Wildman–Crippen LogP) is 4.84. The summed E-state index contributed by atoms with van der Waals surface area (Å²) >= 11 is 0. The van der Waals surface area contributed by atoms with Crippen LogP contribution in [-0.4, -0.2) is 17.8 Å². The van der Waals surface area contributed by atoms with E-state index >= 15 is 0 Å². The van der Waals surface area contributed by atoms with Crippen molar-refractivity contribution in [2.45, 2.75) is 26.4 Å². The monoisotopic (exact) mass is 347 g/mol. The summed E-state index contributed by atoms with van der Waals surface area (Å²) in [6.07, 6.45) is -0.0810. The Morgan fingerprint density at radius 3 is 2.46 bits per heavy atom. The number of carbonyl (C=O) groups is 2. The number of anilines is 1. The number of amides is 1. The van der Waals surface area contributed by atoms with E-state index in [1.807, 2.05) is 49.4 Å². The maximum absolute atomic E-state index is 12.6. The van der Waals surface area contributed by atoms with Gasteiger partial charge >= 0.3 is 0 Å². The van der Waals surface area contributed by atoms with Crippen LogP contribution < -0.4 is 10.1 Å². The lowest BCUT2D eigenvalue weighted by atomic mass is 10.1. The zero-order valence-electron chi connectivity index (χ0n) is 14.9. The zero-order valence-corrected chi connectivity index (χ0v) is 14.9. The van der Waals surface area contributed by atoms with E-state index in [-0.39, 0.29) is 11.7 Å². The second-order valence-corrected chi connectivity index (χ2v) is 6.15. The van der Waals surface area contributed by atoms with Gasteiger partial charge in [0, 0.05) is 11.3 Å². The summed E-state index contributed by atoms with van der Waals surface area (Å²) in [5, 5.41) is 5.02. The van der Waals surface area contributed by atoms with Gasteiger partial charge in [-0.15, -0.1) is 0 Å². The molecule has 0 heterocycles. The minimum absolute atomic E-state index is 0.0412. The Morgan fingerprint density at radius 1 is 0.962 bits per heavy atom.